The van der Waals surface area contributed by atoms with E-state index in [4.69, 9.17) is 9.47 Å². The third-order valence-electron chi connectivity index (χ3n) is 5.17. The molecule has 150 valence electrons. The molecule has 1 aromatic rings. The number of rotatable bonds is 14. The first kappa shape index (κ1) is 22.0. The highest BCUT2D eigenvalue weighted by atomic mass is 16.6. The highest BCUT2D eigenvalue weighted by Gasteiger charge is 2.20. The summed E-state index contributed by atoms with van der Waals surface area (Å²) in [5.41, 5.74) is 1.26. The third-order valence-corrected chi connectivity index (χ3v) is 5.17. The molecule has 2 heteroatoms. The maximum Gasteiger partial charge on any atom is 0.0918 e. The van der Waals surface area contributed by atoms with E-state index < -0.39 is 0 Å². The maximum atomic E-state index is 5.88. The Morgan fingerprint density at radius 3 is 2.52 bits per heavy atom. The van der Waals surface area contributed by atoms with Gasteiger partial charge in [-0.1, -0.05) is 76.3 Å². The standard InChI is InChI=1S/C25H38O2/c1-22(18-23(2)19-26-20-24-15-11-9-12-16-24)14-10-7-5-3-4-6-8-13-17-25-21-27-25/h9,11-12,15-16,22-23,25H,3-7,10,14,17-21H2,1-2H3/t22-,23+,25+/m1/s1. The topological polar surface area (TPSA) is 21.8 Å². The van der Waals surface area contributed by atoms with Gasteiger partial charge in [0.2, 0.25) is 0 Å². The normalized spacial score (nSPS) is 17.8. The van der Waals surface area contributed by atoms with Gasteiger partial charge in [0.05, 0.1) is 19.3 Å². The van der Waals surface area contributed by atoms with Crippen LogP contribution in [0.4, 0.5) is 0 Å². The largest absolute Gasteiger partial charge is 0.376 e. The number of epoxide rings is 1. The molecule has 0 aliphatic carbocycles. The fraction of sp³-hybridized carbons (Fsp3) is 0.680. The van der Waals surface area contributed by atoms with Crippen LogP contribution in [-0.4, -0.2) is 19.3 Å². The Morgan fingerprint density at radius 1 is 1.00 bits per heavy atom. The molecule has 0 N–H and O–H groups in total. The predicted octanol–water partition coefficient (Wildman–Crippen LogP) is 6.39. The second-order valence-corrected chi connectivity index (χ2v) is 8.27. The lowest BCUT2D eigenvalue weighted by molar-refractivity contribution is 0.0842. The van der Waals surface area contributed by atoms with Crippen LogP contribution in [0.3, 0.4) is 0 Å². The molecule has 0 amide bonds. The average molecular weight is 371 g/mol. The molecule has 1 aliphatic rings. The Bertz CT molecular complexity index is 538. The molecular formula is C25H38O2. The zero-order chi connectivity index (χ0) is 19.2. The van der Waals surface area contributed by atoms with Crippen LogP contribution in [-0.2, 0) is 16.1 Å². The molecule has 27 heavy (non-hydrogen) atoms. The number of ether oxygens (including phenoxy) is 2. The van der Waals surface area contributed by atoms with Gasteiger partial charge in [-0.3, -0.25) is 0 Å². The van der Waals surface area contributed by atoms with Gasteiger partial charge in [0.15, 0.2) is 0 Å². The van der Waals surface area contributed by atoms with E-state index in [0.717, 1.165) is 38.6 Å². The van der Waals surface area contributed by atoms with Crippen LogP contribution in [0.1, 0.15) is 77.2 Å². The summed E-state index contributed by atoms with van der Waals surface area (Å²) >= 11 is 0. The van der Waals surface area contributed by atoms with Crippen molar-refractivity contribution in [2.45, 2.75) is 84.3 Å². The molecule has 2 nitrogen and oxygen atoms in total. The van der Waals surface area contributed by atoms with Crippen molar-refractivity contribution in [3.05, 3.63) is 35.9 Å². The number of unbranched alkanes of at least 4 members (excludes halogenated alkanes) is 5. The van der Waals surface area contributed by atoms with Crippen LogP contribution in [0.5, 0.6) is 0 Å². The Labute approximate surface area is 167 Å². The van der Waals surface area contributed by atoms with E-state index in [1.54, 1.807) is 0 Å². The minimum Gasteiger partial charge on any atom is -0.376 e. The number of hydrogen-bond donors (Lipinski definition) is 0. The molecule has 0 saturated carbocycles. The minimum absolute atomic E-state index is 0.456. The zero-order valence-corrected chi connectivity index (χ0v) is 17.4. The first-order valence-electron chi connectivity index (χ1n) is 10.9. The minimum atomic E-state index is 0.456. The van der Waals surface area contributed by atoms with Gasteiger partial charge in [0.1, 0.15) is 0 Å². The summed E-state index contributed by atoms with van der Waals surface area (Å²) < 4.78 is 11.0. The van der Waals surface area contributed by atoms with E-state index in [1.165, 1.54) is 50.5 Å². The van der Waals surface area contributed by atoms with E-state index in [9.17, 15) is 0 Å². The average Bonchev–Trinajstić information content (AvgIpc) is 3.48. The summed E-state index contributed by atoms with van der Waals surface area (Å²) in [4.78, 5) is 0. The molecule has 0 unspecified atom stereocenters. The SMILES string of the molecule is C[C@H](CCCCCCCC#CC[C@H]1CO1)C[C@H](C)COCc1ccccc1. The lowest BCUT2D eigenvalue weighted by Crippen LogP contribution is -2.10. The number of hydrogen-bond acceptors (Lipinski definition) is 2. The van der Waals surface area contributed by atoms with Gasteiger partial charge < -0.3 is 9.47 Å². The number of benzene rings is 1. The molecule has 0 radical (unpaired) electrons. The summed E-state index contributed by atoms with van der Waals surface area (Å²) in [5.74, 6) is 7.94. The van der Waals surface area contributed by atoms with Crippen LogP contribution in [0, 0.1) is 23.7 Å². The van der Waals surface area contributed by atoms with Crippen molar-refractivity contribution in [3.63, 3.8) is 0 Å². The first-order valence-corrected chi connectivity index (χ1v) is 10.9. The van der Waals surface area contributed by atoms with Crippen molar-refractivity contribution in [2.75, 3.05) is 13.2 Å². The fourth-order valence-electron chi connectivity index (χ4n) is 3.52. The molecule has 1 aromatic carbocycles. The van der Waals surface area contributed by atoms with Crippen LogP contribution in [0.25, 0.3) is 0 Å². The molecule has 1 fully saturated rings. The molecule has 1 heterocycles. The summed E-state index contributed by atoms with van der Waals surface area (Å²) in [6.07, 6.45) is 11.7. The van der Waals surface area contributed by atoms with Crippen molar-refractivity contribution in [1.82, 2.24) is 0 Å². The van der Waals surface area contributed by atoms with E-state index in [2.05, 4.69) is 50.0 Å². The Hall–Kier alpha value is -1.30. The van der Waals surface area contributed by atoms with Crippen molar-refractivity contribution in [3.8, 4) is 11.8 Å². The van der Waals surface area contributed by atoms with Crippen molar-refractivity contribution < 1.29 is 9.47 Å². The fourth-order valence-corrected chi connectivity index (χ4v) is 3.52. The van der Waals surface area contributed by atoms with Crippen LogP contribution in [0.2, 0.25) is 0 Å². The summed E-state index contributed by atoms with van der Waals surface area (Å²) in [6, 6.07) is 10.4. The van der Waals surface area contributed by atoms with Gasteiger partial charge in [0, 0.05) is 19.4 Å². The molecule has 0 bridgehead atoms. The second kappa shape index (κ2) is 13.8. The van der Waals surface area contributed by atoms with Gasteiger partial charge in [-0.2, -0.15) is 0 Å². The Balaban J connectivity index is 1.37. The van der Waals surface area contributed by atoms with Crippen molar-refractivity contribution >= 4 is 0 Å². The molecule has 0 aromatic heterocycles. The molecule has 1 saturated heterocycles. The van der Waals surface area contributed by atoms with Crippen LogP contribution < -0.4 is 0 Å². The predicted molar refractivity (Wildman–Crippen MR) is 113 cm³/mol. The Kier molecular flexibility index (Phi) is 11.2. The lowest BCUT2D eigenvalue weighted by Gasteiger charge is -2.17. The van der Waals surface area contributed by atoms with Crippen LogP contribution in [0.15, 0.2) is 30.3 Å². The molecule has 2 rings (SSSR count). The lowest BCUT2D eigenvalue weighted by atomic mass is 9.93. The van der Waals surface area contributed by atoms with E-state index in [1.807, 2.05) is 6.07 Å². The van der Waals surface area contributed by atoms with Crippen molar-refractivity contribution in [1.29, 1.82) is 0 Å². The maximum absolute atomic E-state index is 5.88. The van der Waals surface area contributed by atoms with E-state index in [0.29, 0.717) is 12.0 Å². The second-order valence-electron chi connectivity index (χ2n) is 8.27. The van der Waals surface area contributed by atoms with Gasteiger partial charge in [-0.05, 0) is 30.2 Å². The summed E-state index contributed by atoms with van der Waals surface area (Å²) in [6.45, 7) is 7.24. The van der Waals surface area contributed by atoms with Crippen LogP contribution >= 0.6 is 0 Å². The van der Waals surface area contributed by atoms with E-state index >= 15 is 0 Å². The first-order chi connectivity index (χ1) is 13.2. The highest BCUT2D eigenvalue weighted by Crippen LogP contribution is 2.19. The van der Waals surface area contributed by atoms with Gasteiger partial charge in [-0.15, -0.1) is 11.8 Å². The monoisotopic (exact) mass is 370 g/mol. The summed E-state index contributed by atoms with van der Waals surface area (Å²) in [7, 11) is 0. The molecule has 0 spiro atoms. The molecule has 1 aliphatic heterocycles. The quantitative estimate of drug-likeness (QED) is 0.215. The summed E-state index contributed by atoms with van der Waals surface area (Å²) in [5, 5.41) is 0. The van der Waals surface area contributed by atoms with Gasteiger partial charge in [0.25, 0.3) is 0 Å². The van der Waals surface area contributed by atoms with Gasteiger partial charge >= 0.3 is 0 Å². The highest BCUT2D eigenvalue weighted by molar-refractivity contribution is 5.13. The van der Waals surface area contributed by atoms with Crippen molar-refractivity contribution in [2.24, 2.45) is 11.8 Å². The van der Waals surface area contributed by atoms with Gasteiger partial charge in [-0.25, -0.2) is 0 Å². The molecule has 3 atom stereocenters. The van der Waals surface area contributed by atoms with E-state index in [-0.39, 0.29) is 0 Å². The molecular weight excluding hydrogens is 332 g/mol. The third kappa shape index (κ3) is 11.9. The smallest absolute Gasteiger partial charge is 0.0918 e. The zero-order valence-electron chi connectivity index (χ0n) is 17.4. The Morgan fingerprint density at radius 2 is 1.74 bits per heavy atom.